The fourth-order valence-corrected chi connectivity index (χ4v) is 4.78. The second-order valence-corrected chi connectivity index (χ2v) is 8.26. The summed E-state index contributed by atoms with van der Waals surface area (Å²) in [6.07, 6.45) is 2.91. The molecule has 31 heavy (non-hydrogen) atoms. The van der Waals surface area contributed by atoms with Gasteiger partial charge in [0.1, 0.15) is 23.1 Å². The molecule has 0 spiro atoms. The number of hydrogen-bond donors (Lipinski definition) is 4. The van der Waals surface area contributed by atoms with Crippen molar-refractivity contribution in [1.29, 1.82) is 5.41 Å². The number of imidazole rings is 1. The molecule has 3 aromatic rings. The Kier molecular flexibility index (Phi) is 6.14. The third-order valence-corrected chi connectivity index (χ3v) is 6.34. The summed E-state index contributed by atoms with van der Waals surface area (Å²) in [5.41, 5.74) is 0.806. The summed E-state index contributed by atoms with van der Waals surface area (Å²) in [4.78, 5) is 24.8. The molecule has 0 saturated carbocycles. The van der Waals surface area contributed by atoms with Crippen molar-refractivity contribution in [2.24, 2.45) is 5.92 Å². The number of ether oxygens (including phenoxy) is 2. The fraction of sp³-hybridized carbons (Fsp3) is 0.400. The van der Waals surface area contributed by atoms with Gasteiger partial charge >= 0.3 is 5.97 Å². The number of fused-ring (bicyclic) bond motifs is 1. The van der Waals surface area contributed by atoms with E-state index in [1.165, 1.54) is 18.1 Å². The van der Waals surface area contributed by atoms with Crippen LogP contribution in [-0.4, -0.2) is 57.9 Å². The summed E-state index contributed by atoms with van der Waals surface area (Å²) in [6, 6.07) is 4.64. The number of H-pyrrole nitrogens is 1. The molecule has 1 fully saturated rings. The fourth-order valence-electron chi connectivity index (χ4n) is 3.86. The first-order valence-electron chi connectivity index (χ1n) is 9.86. The van der Waals surface area contributed by atoms with E-state index in [9.17, 15) is 9.90 Å². The van der Waals surface area contributed by atoms with E-state index in [0.29, 0.717) is 27.8 Å². The van der Waals surface area contributed by atoms with Crippen LogP contribution in [-0.2, 0) is 4.79 Å². The minimum absolute atomic E-state index is 0.0117. The van der Waals surface area contributed by atoms with Crippen molar-refractivity contribution in [3.63, 3.8) is 0 Å². The number of carboxylic acids is 1. The zero-order valence-corrected chi connectivity index (χ0v) is 18.0. The molecular formula is C20H24N6O4S. The Labute approximate surface area is 182 Å². The Hall–Kier alpha value is -3.05. The number of methoxy groups -OCH3 is 2. The average molecular weight is 445 g/mol. The molecule has 1 atom stereocenters. The summed E-state index contributed by atoms with van der Waals surface area (Å²) in [7, 11) is 3.17. The summed E-state index contributed by atoms with van der Waals surface area (Å²) < 4.78 is 12.3. The van der Waals surface area contributed by atoms with Gasteiger partial charge in [-0.1, -0.05) is 0 Å². The highest BCUT2D eigenvalue weighted by atomic mass is 32.2. The lowest BCUT2D eigenvalue weighted by Gasteiger charge is -2.29. The molecule has 3 heterocycles. The summed E-state index contributed by atoms with van der Waals surface area (Å²) >= 11 is 1.31. The van der Waals surface area contributed by atoms with E-state index >= 15 is 0 Å². The Morgan fingerprint density at radius 3 is 2.77 bits per heavy atom. The molecule has 1 saturated heterocycles. The molecule has 0 aliphatic carbocycles. The van der Waals surface area contributed by atoms with Crippen molar-refractivity contribution in [1.82, 2.24) is 24.8 Å². The number of carboxylic acid groups (broad SMARTS) is 1. The van der Waals surface area contributed by atoms with Crippen LogP contribution in [0.15, 0.2) is 34.6 Å². The molecule has 2 aromatic heterocycles. The van der Waals surface area contributed by atoms with Gasteiger partial charge in [0.05, 0.1) is 25.4 Å². The number of rotatable bonds is 7. The number of hydrogen-bond acceptors (Lipinski definition) is 8. The minimum Gasteiger partial charge on any atom is -0.497 e. The molecular weight excluding hydrogens is 420 g/mol. The first-order valence-corrected chi connectivity index (χ1v) is 10.7. The van der Waals surface area contributed by atoms with Gasteiger partial charge < -0.3 is 29.4 Å². The Morgan fingerprint density at radius 2 is 2.10 bits per heavy atom. The van der Waals surface area contributed by atoms with E-state index in [-0.39, 0.29) is 11.4 Å². The molecule has 10 nitrogen and oxygen atoms in total. The highest BCUT2D eigenvalue weighted by Crippen LogP contribution is 2.37. The summed E-state index contributed by atoms with van der Waals surface area (Å²) in [5, 5.41) is 21.9. The molecule has 1 aliphatic heterocycles. The summed E-state index contributed by atoms with van der Waals surface area (Å²) in [6.45, 7) is 1.55. The maximum absolute atomic E-state index is 12.2. The topological polar surface area (TPSA) is 138 Å². The first kappa shape index (κ1) is 21.2. The van der Waals surface area contributed by atoms with Gasteiger partial charge in [-0.15, -0.1) is 0 Å². The Balaban J connectivity index is 1.76. The van der Waals surface area contributed by atoms with E-state index in [2.05, 4.69) is 20.3 Å². The van der Waals surface area contributed by atoms with Crippen molar-refractivity contribution >= 4 is 28.9 Å². The van der Waals surface area contributed by atoms with Gasteiger partial charge in [0, 0.05) is 0 Å². The van der Waals surface area contributed by atoms with Crippen LogP contribution in [0.4, 0.5) is 0 Å². The Morgan fingerprint density at radius 1 is 1.32 bits per heavy atom. The number of aromatic nitrogens is 4. The monoisotopic (exact) mass is 444 g/mol. The van der Waals surface area contributed by atoms with Gasteiger partial charge in [-0.2, -0.15) is 0 Å². The number of nitrogens with one attached hydrogen (secondary N) is 3. The van der Waals surface area contributed by atoms with Gasteiger partial charge in [0.25, 0.3) is 0 Å². The van der Waals surface area contributed by atoms with Gasteiger partial charge in [-0.3, -0.25) is 5.41 Å². The third kappa shape index (κ3) is 4.23. The number of benzene rings is 1. The highest BCUT2D eigenvalue weighted by molar-refractivity contribution is 7.99. The second kappa shape index (κ2) is 8.98. The lowest BCUT2D eigenvalue weighted by atomic mass is 9.90. The van der Waals surface area contributed by atoms with Crippen LogP contribution in [0.1, 0.15) is 18.9 Å². The molecule has 0 amide bonds. The molecule has 1 aliphatic rings. The van der Waals surface area contributed by atoms with Gasteiger partial charge in [0.2, 0.25) is 0 Å². The van der Waals surface area contributed by atoms with E-state index in [4.69, 9.17) is 14.9 Å². The zero-order valence-electron chi connectivity index (χ0n) is 17.2. The lowest BCUT2D eigenvalue weighted by Crippen LogP contribution is -2.36. The quantitative estimate of drug-likeness (QED) is 0.434. The second-order valence-electron chi connectivity index (χ2n) is 7.23. The van der Waals surface area contributed by atoms with Crippen LogP contribution in [0.2, 0.25) is 0 Å². The first-order chi connectivity index (χ1) is 15.0. The van der Waals surface area contributed by atoms with E-state index < -0.39 is 12.0 Å². The maximum Gasteiger partial charge on any atom is 0.327 e. The van der Waals surface area contributed by atoms with Crippen LogP contribution in [0, 0.1) is 11.3 Å². The third-order valence-electron chi connectivity index (χ3n) is 5.42. The van der Waals surface area contributed by atoms with E-state index in [1.54, 1.807) is 30.9 Å². The molecule has 4 rings (SSSR count). The molecule has 0 radical (unpaired) electrons. The molecule has 164 valence electrons. The molecule has 4 N–H and O–H groups in total. The van der Waals surface area contributed by atoms with Gasteiger partial charge in [0.15, 0.2) is 16.3 Å². The van der Waals surface area contributed by atoms with Crippen LogP contribution in [0.25, 0.3) is 11.2 Å². The van der Waals surface area contributed by atoms with Crippen LogP contribution in [0.3, 0.4) is 0 Å². The van der Waals surface area contributed by atoms with Crippen molar-refractivity contribution in [3.8, 4) is 11.5 Å². The molecule has 1 unspecified atom stereocenters. The molecule has 1 aromatic carbocycles. The average Bonchev–Trinajstić information content (AvgIpc) is 3.20. The smallest absolute Gasteiger partial charge is 0.327 e. The van der Waals surface area contributed by atoms with Crippen LogP contribution in [0.5, 0.6) is 11.5 Å². The maximum atomic E-state index is 12.2. The number of piperidine rings is 1. The van der Waals surface area contributed by atoms with Crippen molar-refractivity contribution in [2.45, 2.75) is 28.9 Å². The molecule has 11 heteroatoms. The van der Waals surface area contributed by atoms with Crippen LogP contribution < -0.4 is 20.3 Å². The Bertz CT molecular complexity index is 1150. The van der Waals surface area contributed by atoms with Gasteiger partial charge in [-0.25, -0.2) is 14.8 Å². The van der Waals surface area contributed by atoms with E-state index in [1.807, 2.05) is 6.07 Å². The number of carbonyl (C=O) groups is 1. The van der Waals surface area contributed by atoms with Crippen molar-refractivity contribution < 1.29 is 19.4 Å². The highest BCUT2D eigenvalue weighted by Gasteiger charge is 2.32. The summed E-state index contributed by atoms with van der Waals surface area (Å²) in [5.74, 6) is 0.358. The van der Waals surface area contributed by atoms with E-state index in [0.717, 1.165) is 30.8 Å². The predicted molar refractivity (Wildman–Crippen MR) is 114 cm³/mol. The minimum atomic E-state index is -0.926. The lowest BCUT2D eigenvalue weighted by molar-refractivity contribution is -0.143. The zero-order chi connectivity index (χ0) is 22.0. The SMILES string of the molecule is COc1ccc(OC)c(Sc2nc3c([nH]2)c(=N)ncn3C(C(=O)O)C2CCNCC2)c1. The standard InChI is InChI=1S/C20H24N6O4S/c1-29-12-3-4-13(30-2)14(9-12)31-20-24-15-17(21)23-10-26(18(15)25-20)16(19(27)28)11-5-7-22-8-6-11/h3-4,9-11,16,21-22H,5-8H2,1-2H3,(H,24,25)(H,27,28). The largest absolute Gasteiger partial charge is 0.497 e. The number of nitrogens with zero attached hydrogens (tertiary/aromatic N) is 3. The normalized spacial score (nSPS) is 15.7. The number of aliphatic carboxylic acids is 1. The molecule has 0 bridgehead atoms. The van der Waals surface area contributed by atoms with Crippen LogP contribution >= 0.6 is 11.8 Å². The predicted octanol–water partition coefficient (Wildman–Crippen LogP) is 2.03. The van der Waals surface area contributed by atoms with Gasteiger partial charge in [-0.05, 0) is 61.8 Å². The van der Waals surface area contributed by atoms with Crippen molar-refractivity contribution in [2.75, 3.05) is 27.3 Å². The van der Waals surface area contributed by atoms with Crippen molar-refractivity contribution in [3.05, 3.63) is 30.0 Å². The number of aromatic amines is 1.